The fraction of sp³-hybridized carbons (Fsp3) is 0.833. The van der Waals surface area contributed by atoms with Crippen LogP contribution in [-0.4, -0.2) is 14.2 Å². The van der Waals surface area contributed by atoms with Gasteiger partial charge >= 0.3 is 0 Å². The van der Waals surface area contributed by atoms with Crippen LogP contribution in [0.5, 0.6) is 0 Å². The van der Waals surface area contributed by atoms with Crippen molar-refractivity contribution in [2.24, 2.45) is 11.3 Å². The molecule has 0 amide bonds. The molecule has 0 aliphatic carbocycles. The average molecular weight is 215 g/mol. The monoisotopic (exact) mass is 215 g/mol. The Kier molecular flexibility index (Phi) is 5.73. The molecule has 0 aliphatic heterocycles. The van der Waals surface area contributed by atoms with Crippen molar-refractivity contribution in [2.75, 3.05) is 14.2 Å². The van der Waals surface area contributed by atoms with Crippen molar-refractivity contribution in [3.05, 3.63) is 11.5 Å². The number of ether oxygens (including phenoxy) is 1. The Hall–Kier alpha value is -0.700. The van der Waals surface area contributed by atoms with Gasteiger partial charge in [0.1, 0.15) is 5.76 Å². The third-order valence-corrected chi connectivity index (χ3v) is 3.26. The summed E-state index contributed by atoms with van der Waals surface area (Å²) in [6, 6.07) is 0. The van der Waals surface area contributed by atoms with Crippen LogP contribution in [0.2, 0.25) is 0 Å². The van der Waals surface area contributed by atoms with E-state index in [1.165, 1.54) is 0 Å². The molecule has 0 aliphatic rings. The Morgan fingerprint density at radius 2 is 1.93 bits per heavy atom. The molecule has 0 heterocycles. The van der Waals surface area contributed by atoms with E-state index >= 15 is 0 Å². The molecule has 0 spiro atoms. The zero-order valence-electron chi connectivity index (χ0n) is 11.1. The third-order valence-electron chi connectivity index (χ3n) is 3.26. The molecule has 0 bridgehead atoms. The van der Waals surface area contributed by atoms with Crippen molar-refractivity contribution in [2.45, 2.75) is 41.0 Å². The van der Waals surface area contributed by atoms with Crippen molar-refractivity contribution in [3.8, 4) is 0 Å². The Balaban J connectivity index is 5.07. The van der Waals surface area contributed by atoms with Gasteiger partial charge in [-0.15, -0.1) is 0 Å². The number of nitrogens with one attached hydrogen (secondary N) is 1. The predicted octanol–water partition coefficient (Wildman–Crippen LogP) is 3.09. The van der Waals surface area contributed by atoms with E-state index in [0.29, 0.717) is 5.92 Å². The number of hydroxylamine groups is 1. The fourth-order valence-corrected chi connectivity index (χ4v) is 1.59. The van der Waals surface area contributed by atoms with Crippen molar-refractivity contribution < 1.29 is 9.57 Å². The normalized spacial score (nSPS) is 15.7. The highest BCUT2D eigenvalue weighted by atomic mass is 16.7. The van der Waals surface area contributed by atoms with Crippen LogP contribution in [0.1, 0.15) is 41.0 Å². The van der Waals surface area contributed by atoms with Gasteiger partial charge in [0.05, 0.1) is 7.11 Å². The molecule has 1 N–H and O–H groups in total. The van der Waals surface area contributed by atoms with E-state index in [1.807, 2.05) is 6.92 Å². The molecule has 3 heteroatoms. The lowest BCUT2D eigenvalue weighted by Crippen LogP contribution is -2.29. The van der Waals surface area contributed by atoms with E-state index in [2.05, 4.69) is 33.2 Å². The summed E-state index contributed by atoms with van der Waals surface area (Å²) in [7, 11) is 3.43. The van der Waals surface area contributed by atoms with Crippen LogP contribution in [0, 0.1) is 11.3 Å². The van der Waals surface area contributed by atoms with E-state index in [9.17, 15) is 0 Å². The molecule has 0 aromatic carbocycles. The van der Waals surface area contributed by atoms with Gasteiger partial charge in [0.2, 0.25) is 0 Å². The lowest BCUT2D eigenvalue weighted by molar-refractivity contribution is 0.0383. The summed E-state index contributed by atoms with van der Waals surface area (Å²) < 4.78 is 5.26. The van der Waals surface area contributed by atoms with Gasteiger partial charge in [-0.1, -0.05) is 34.1 Å². The lowest BCUT2D eigenvalue weighted by atomic mass is 9.76. The van der Waals surface area contributed by atoms with Crippen LogP contribution >= 0.6 is 0 Å². The molecule has 90 valence electrons. The lowest BCUT2D eigenvalue weighted by Gasteiger charge is -2.33. The molecule has 0 saturated heterocycles. The van der Waals surface area contributed by atoms with Gasteiger partial charge in [0.25, 0.3) is 0 Å². The van der Waals surface area contributed by atoms with Crippen molar-refractivity contribution >= 4 is 0 Å². The molecule has 3 nitrogen and oxygen atoms in total. The van der Waals surface area contributed by atoms with Gasteiger partial charge < -0.3 is 9.57 Å². The van der Waals surface area contributed by atoms with Gasteiger partial charge in [0, 0.05) is 12.5 Å². The van der Waals surface area contributed by atoms with E-state index in [1.54, 1.807) is 14.2 Å². The second-order valence-corrected chi connectivity index (χ2v) is 4.43. The molecule has 15 heavy (non-hydrogen) atoms. The number of hydrogen-bond donors (Lipinski definition) is 1. The van der Waals surface area contributed by atoms with Crippen molar-refractivity contribution in [1.82, 2.24) is 5.48 Å². The molecule has 0 unspecified atom stereocenters. The third kappa shape index (κ3) is 3.42. The summed E-state index contributed by atoms with van der Waals surface area (Å²) in [6.07, 6.45) is 1.11. The highest BCUT2D eigenvalue weighted by Crippen LogP contribution is 2.38. The number of hydrogen-bond acceptors (Lipinski definition) is 3. The smallest absolute Gasteiger partial charge is 0.167 e. The molecule has 0 aromatic rings. The Morgan fingerprint density at radius 1 is 1.40 bits per heavy atom. The molecule has 0 saturated carbocycles. The van der Waals surface area contributed by atoms with Crippen LogP contribution in [-0.2, 0) is 9.57 Å². The minimum atomic E-state index is -0.0299. The zero-order valence-corrected chi connectivity index (χ0v) is 11.1. The fourth-order valence-electron chi connectivity index (χ4n) is 1.59. The van der Waals surface area contributed by atoms with Crippen LogP contribution in [0.4, 0.5) is 0 Å². The molecular formula is C12H25NO2. The summed E-state index contributed by atoms with van der Waals surface area (Å²) in [5.41, 5.74) is 2.70. The zero-order chi connectivity index (χ0) is 12.1. The largest absolute Gasteiger partial charge is 0.498 e. The van der Waals surface area contributed by atoms with Crippen LogP contribution in [0.3, 0.4) is 0 Å². The molecular weight excluding hydrogens is 190 g/mol. The SMILES string of the molecule is CC[C@@H](C)C(C)(C)/C(ONC)=C(/C)OC. The quantitative estimate of drug-likeness (QED) is 0.545. The van der Waals surface area contributed by atoms with Gasteiger partial charge in [0.15, 0.2) is 5.76 Å². The molecule has 0 fully saturated rings. The molecule has 0 rings (SSSR count). The minimum Gasteiger partial charge on any atom is -0.498 e. The first kappa shape index (κ1) is 14.3. The summed E-state index contributed by atoms with van der Waals surface area (Å²) in [5.74, 6) is 2.24. The maximum Gasteiger partial charge on any atom is 0.167 e. The maximum absolute atomic E-state index is 5.49. The average Bonchev–Trinajstić information content (AvgIpc) is 2.23. The van der Waals surface area contributed by atoms with Crippen molar-refractivity contribution in [1.29, 1.82) is 0 Å². The van der Waals surface area contributed by atoms with Gasteiger partial charge in [-0.05, 0) is 12.8 Å². The van der Waals surface area contributed by atoms with Gasteiger partial charge in [-0.2, -0.15) is 5.48 Å². The van der Waals surface area contributed by atoms with Gasteiger partial charge in [-0.25, -0.2) is 0 Å². The highest BCUT2D eigenvalue weighted by molar-refractivity contribution is 5.10. The maximum atomic E-state index is 5.49. The highest BCUT2D eigenvalue weighted by Gasteiger charge is 2.33. The topological polar surface area (TPSA) is 30.5 Å². The molecule has 0 aromatic heterocycles. The van der Waals surface area contributed by atoms with Crippen LogP contribution in [0.15, 0.2) is 11.5 Å². The Bertz CT molecular complexity index is 222. The minimum absolute atomic E-state index is 0.0299. The second-order valence-electron chi connectivity index (χ2n) is 4.43. The van der Waals surface area contributed by atoms with Crippen molar-refractivity contribution in [3.63, 3.8) is 0 Å². The van der Waals surface area contributed by atoms with E-state index in [0.717, 1.165) is 17.9 Å². The summed E-state index contributed by atoms with van der Waals surface area (Å²) >= 11 is 0. The van der Waals surface area contributed by atoms with E-state index < -0.39 is 0 Å². The number of allylic oxidation sites excluding steroid dienone is 2. The van der Waals surface area contributed by atoms with Crippen LogP contribution < -0.4 is 5.48 Å². The summed E-state index contributed by atoms with van der Waals surface area (Å²) in [5, 5.41) is 0. The van der Waals surface area contributed by atoms with E-state index in [4.69, 9.17) is 9.57 Å². The second kappa shape index (κ2) is 6.01. The molecule has 0 radical (unpaired) electrons. The van der Waals surface area contributed by atoms with Crippen LogP contribution in [0.25, 0.3) is 0 Å². The Labute approximate surface area is 93.8 Å². The first-order chi connectivity index (χ1) is 6.91. The first-order valence-electron chi connectivity index (χ1n) is 5.50. The first-order valence-corrected chi connectivity index (χ1v) is 5.50. The standard InChI is InChI=1S/C12H25NO2/c1-8-9(2)12(4,5)11(15-13-6)10(3)14-7/h9,13H,8H2,1-7H3/b11-10+/t9-/m1/s1. The number of methoxy groups -OCH3 is 1. The van der Waals surface area contributed by atoms with E-state index in [-0.39, 0.29) is 5.41 Å². The predicted molar refractivity (Wildman–Crippen MR) is 63.1 cm³/mol. The summed E-state index contributed by atoms with van der Waals surface area (Å²) in [6.45, 7) is 10.7. The summed E-state index contributed by atoms with van der Waals surface area (Å²) in [4.78, 5) is 5.49. The van der Waals surface area contributed by atoms with Gasteiger partial charge in [-0.3, -0.25) is 0 Å². The Morgan fingerprint density at radius 3 is 2.27 bits per heavy atom. The molecule has 1 atom stereocenters. The number of rotatable bonds is 6.